The van der Waals surface area contributed by atoms with Gasteiger partial charge in [-0.15, -0.1) is 24.0 Å². The zero-order chi connectivity index (χ0) is 20.7. The third kappa shape index (κ3) is 6.99. The van der Waals surface area contributed by atoms with Crippen molar-refractivity contribution < 1.29 is 14.6 Å². The molecule has 7 heteroatoms. The number of nitrogens with zero attached hydrogens (tertiary/aromatic N) is 1. The van der Waals surface area contributed by atoms with Crippen LogP contribution >= 0.6 is 24.0 Å². The summed E-state index contributed by atoms with van der Waals surface area (Å²) < 4.78 is 11.6. The molecule has 0 aromatic heterocycles. The van der Waals surface area contributed by atoms with Crippen molar-refractivity contribution in [3.63, 3.8) is 0 Å². The lowest BCUT2D eigenvalue weighted by Gasteiger charge is -2.38. The molecule has 3 N–H and O–H groups in total. The zero-order valence-electron chi connectivity index (χ0n) is 18.6. The fraction of sp³-hybridized carbons (Fsp3) is 0.696. The molecule has 30 heavy (non-hydrogen) atoms. The van der Waals surface area contributed by atoms with Gasteiger partial charge in [0.05, 0.1) is 25.9 Å². The number of aryl methyl sites for hydroxylation is 1. The molecule has 6 nitrogen and oxygen atoms in total. The van der Waals surface area contributed by atoms with Crippen LogP contribution in [0.1, 0.15) is 57.1 Å². The molecule has 2 fully saturated rings. The molecule has 0 radical (unpaired) electrons. The van der Waals surface area contributed by atoms with Crippen molar-refractivity contribution in [2.24, 2.45) is 10.4 Å². The minimum atomic E-state index is -0.252. The first kappa shape index (κ1) is 25.2. The van der Waals surface area contributed by atoms with Gasteiger partial charge in [0.15, 0.2) is 5.96 Å². The van der Waals surface area contributed by atoms with Crippen molar-refractivity contribution in [2.75, 3.05) is 26.3 Å². The highest BCUT2D eigenvalue weighted by atomic mass is 127. The number of rotatable bonds is 7. The number of aliphatic hydroxyl groups excluding tert-OH is 1. The second-order valence-corrected chi connectivity index (χ2v) is 8.68. The van der Waals surface area contributed by atoms with Gasteiger partial charge in [-0.25, -0.2) is 4.99 Å². The Morgan fingerprint density at radius 3 is 2.83 bits per heavy atom. The number of hydrogen-bond donors (Lipinski definition) is 3. The van der Waals surface area contributed by atoms with Gasteiger partial charge in [-0.1, -0.05) is 31.9 Å². The lowest BCUT2D eigenvalue weighted by molar-refractivity contribution is 0.00397. The Labute approximate surface area is 198 Å². The van der Waals surface area contributed by atoms with Crippen LogP contribution < -0.4 is 15.4 Å². The van der Waals surface area contributed by atoms with Crippen LogP contribution in [0.15, 0.2) is 23.2 Å². The minimum absolute atomic E-state index is 0. The first-order chi connectivity index (χ1) is 14.0. The molecule has 3 atom stereocenters. The lowest BCUT2D eigenvalue weighted by atomic mass is 9.73. The van der Waals surface area contributed by atoms with E-state index >= 15 is 0 Å². The summed E-state index contributed by atoms with van der Waals surface area (Å²) >= 11 is 0. The summed E-state index contributed by atoms with van der Waals surface area (Å²) in [7, 11) is 0. The summed E-state index contributed by atoms with van der Waals surface area (Å²) in [6, 6.07) is 6.28. The van der Waals surface area contributed by atoms with E-state index in [9.17, 15) is 5.11 Å². The van der Waals surface area contributed by atoms with Gasteiger partial charge in [0.1, 0.15) is 11.9 Å². The van der Waals surface area contributed by atoms with Crippen LogP contribution in [0, 0.1) is 12.3 Å². The van der Waals surface area contributed by atoms with Crippen LogP contribution in [0.25, 0.3) is 0 Å². The van der Waals surface area contributed by atoms with Crippen LogP contribution in [0.2, 0.25) is 0 Å². The molecule has 1 saturated carbocycles. The van der Waals surface area contributed by atoms with Gasteiger partial charge in [0.2, 0.25) is 0 Å². The van der Waals surface area contributed by atoms with Crippen molar-refractivity contribution in [1.82, 2.24) is 10.6 Å². The Morgan fingerprint density at radius 2 is 2.13 bits per heavy atom. The number of aliphatic imine (C=N–C) groups is 1. The topological polar surface area (TPSA) is 75.1 Å². The Hall–Kier alpha value is -1.06. The number of hydrogen-bond acceptors (Lipinski definition) is 4. The third-order valence-corrected chi connectivity index (χ3v) is 6.10. The Morgan fingerprint density at radius 1 is 1.30 bits per heavy atom. The molecule has 1 saturated heterocycles. The maximum Gasteiger partial charge on any atom is 0.191 e. The van der Waals surface area contributed by atoms with Gasteiger partial charge in [0.25, 0.3) is 0 Å². The molecule has 1 aliphatic heterocycles. The molecule has 0 bridgehead atoms. The molecule has 2 aliphatic rings. The monoisotopic (exact) mass is 531 g/mol. The Kier molecular flexibility index (Phi) is 10.2. The summed E-state index contributed by atoms with van der Waals surface area (Å²) in [5.41, 5.74) is 2.15. The van der Waals surface area contributed by atoms with E-state index in [1.807, 2.05) is 0 Å². The largest absolute Gasteiger partial charge is 0.488 e. The predicted molar refractivity (Wildman–Crippen MR) is 132 cm³/mol. The molecule has 170 valence electrons. The Balaban J connectivity index is 0.00000320. The van der Waals surface area contributed by atoms with Gasteiger partial charge < -0.3 is 25.2 Å². The van der Waals surface area contributed by atoms with Gasteiger partial charge in [0, 0.05) is 30.5 Å². The van der Waals surface area contributed by atoms with E-state index in [1.54, 1.807) is 0 Å². The summed E-state index contributed by atoms with van der Waals surface area (Å²) in [6.45, 7) is 9.78. The third-order valence-electron chi connectivity index (χ3n) is 6.10. The molecule has 1 heterocycles. The van der Waals surface area contributed by atoms with Crippen LogP contribution in [-0.2, 0) is 11.3 Å². The van der Waals surface area contributed by atoms with Crippen LogP contribution in [0.3, 0.4) is 0 Å². The number of ether oxygens (including phenoxy) is 2. The van der Waals surface area contributed by atoms with Crippen LogP contribution in [-0.4, -0.2) is 49.6 Å². The number of halogens is 1. The smallest absolute Gasteiger partial charge is 0.191 e. The van der Waals surface area contributed by atoms with Gasteiger partial charge in [-0.3, -0.25) is 0 Å². The first-order valence-corrected chi connectivity index (χ1v) is 11.0. The van der Waals surface area contributed by atoms with Crippen molar-refractivity contribution >= 4 is 29.9 Å². The molecule has 3 rings (SSSR count). The fourth-order valence-electron chi connectivity index (χ4n) is 4.07. The van der Waals surface area contributed by atoms with E-state index in [-0.39, 0.29) is 41.6 Å². The normalized spacial score (nSPS) is 26.7. The average molecular weight is 531 g/mol. The summed E-state index contributed by atoms with van der Waals surface area (Å²) in [4.78, 5) is 4.79. The molecular formula is C23H38IN3O3. The highest BCUT2D eigenvalue weighted by Gasteiger charge is 2.35. The number of nitrogens with one attached hydrogen (secondary N) is 2. The van der Waals surface area contributed by atoms with E-state index in [0.717, 1.165) is 62.7 Å². The van der Waals surface area contributed by atoms with E-state index < -0.39 is 0 Å². The first-order valence-electron chi connectivity index (χ1n) is 11.0. The number of guanidine groups is 1. The van der Waals surface area contributed by atoms with Crippen LogP contribution in [0.5, 0.6) is 5.75 Å². The predicted octanol–water partition coefficient (Wildman–Crippen LogP) is 3.78. The molecule has 0 spiro atoms. The highest BCUT2D eigenvalue weighted by molar-refractivity contribution is 14.0. The quantitative estimate of drug-likeness (QED) is 0.284. The standard InChI is InChI=1S/C23H37N3O3.HI/c1-4-24-22(26-16-23(3)11-6-5-7-21(23)27)25-14-18-9-8-17(2)13-20(18)29-19-10-12-28-15-19;/h8-9,13,19,21,27H,4-7,10-12,14-16H2,1-3H3,(H2,24,25,26);1H. The molecule has 0 amide bonds. The summed E-state index contributed by atoms with van der Waals surface area (Å²) in [5, 5.41) is 17.2. The maximum absolute atomic E-state index is 10.4. The van der Waals surface area contributed by atoms with Crippen LogP contribution in [0.4, 0.5) is 0 Å². The minimum Gasteiger partial charge on any atom is -0.488 e. The highest BCUT2D eigenvalue weighted by Crippen LogP contribution is 2.35. The van der Waals surface area contributed by atoms with E-state index in [0.29, 0.717) is 13.2 Å². The van der Waals surface area contributed by atoms with Gasteiger partial charge in [-0.2, -0.15) is 0 Å². The maximum atomic E-state index is 10.4. The number of aliphatic hydroxyl groups is 1. The van der Waals surface area contributed by atoms with Gasteiger partial charge >= 0.3 is 0 Å². The number of benzene rings is 1. The van der Waals surface area contributed by atoms with E-state index in [4.69, 9.17) is 14.5 Å². The fourth-order valence-corrected chi connectivity index (χ4v) is 4.07. The summed E-state index contributed by atoms with van der Waals surface area (Å²) in [6.07, 6.45) is 5.03. The second-order valence-electron chi connectivity index (χ2n) is 8.68. The van der Waals surface area contributed by atoms with Crippen molar-refractivity contribution in [1.29, 1.82) is 0 Å². The van der Waals surface area contributed by atoms with Gasteiger partial charge in [-0.05, 0) is 38.3 Å². The molecular weight excluding hydrogens is 493 g/mol. The average Bonchev–Trinajstić information content (AvgIpc) is 3.21. The van der Waals surface area contributed by atoms with E-state index in [2.05, 4.69) is 49.6 Å². The molecule has 1 aromatic rings. The van der Waals surface area contributed by atoms with Crippen molar-refractivity contribution in [2.45, 2.75) is 71.6 Å². The molecule has 1 aliphatic carbocycles. The van der Waals surface area contributed by atoms with Crippen molar-refractivity contribution in [3.05, 3.63) is 29.3 Å². The van der Waals surface area contributed by atoms with Crippen molar-refractivity contribution in [3.8, 4) is 5.75 Å². The lowest BCUT2D eigenvalue weighted by Crippen LogP contribution is -2.48. The Bertz CT molecular complexity index is 694. The summed E-state index contributed by atoms with van der Waals surface area (Å²) in [5.74, 6) is 1.68. The second kappa shape index (κ2) is 12.1. The molecule has 1 aromatic carbocycles. The zero-order valence-corrected chi connectivity index (χ0v) is 20.9. The SMILES string of the molecule is CCNC(=NCc1ccc(C)cc1OC1CCOC1)NCC1(C)CCCCC1O.I. The molecule has 3 unspecified atom stereocenters. The van der Waals surface area contributed by atoms with E-state index in [1.165, 1.54) is 12.0 Å².